The number of furan rings is 1. The van der Waals surface area contributed by atoms with Gasteiger partial charge in [-0.05, 0) is 54.6 Å². The lowest BCUT2D eigenvalue weighted by atomic mass is 10.0. The van der Waals surface area contributed by atoms with Crippen molar-refractivity contribution in [3.8, 4) is 17.4 Å². The highest BCUT2D eigenvalue weighted by molar-refractivity contribution is 7.93. The maximum absolute atomic E-state index is 12.7. The Labute approximate surface area is 227 Å². The molecule has 2 aromatic carbocycles. The Morgan fingerprint density at radius 3 is 2.62 bits per heavy atom. The van der Waals surface area contributed by atoms with Crippen LogP contribution in [-0.2, 0) is 14.8 Å². The third-order valence-electron chi connectivity index (χ3n) is 7.27. The van der Waals surface area contributed by atoms with E-state index in [4.69, 9.17) is 9.15 Å². The van der Waals surface area contributed by atoms with E-state index in [9.17, 15) is 23.9 Å². The zero-order valence-electron chi connectivity index (χ0n) is 21.7. The minimum absolute atomic E-state index is 0.201. The van der Waals surface area contributed by atoms with Gasteiger partial charge in [0.2, 0.25) is 0 Å². The van der Waals surface area contributed by atoms with E-state index in [1.807, 2.05) is 18.2 Å². The van der Waals surface area contributed by atoms with Crippen molar-refractivity contribution in [1.82, 2.24) is 9.62 Å². The number of rotatable bonds is 7. The zero-order chi connectivity index (χ0) is 27.6. The maximum atomic E-state index is 12.7. The molecule has 1 aromatic heterocycles. The number of nitrogens with zero attached hydrogens (tertiary/aromatic N) is 3. The van der Waals surface area contributed by atoms with Crippen LogP contribution in [0, 0.1) is 11.3 Å². The number of hydrogen-bond acceptors (Lipinski definition) is 9. The summed E-state index contributed by atoms with van der Waals surface area (Å²) in [6.07, 6.45) is -1.70. The number of aliphatic hydroxyl groups excluding tert-OH is 2. The van der Waals surface area contributed by atoms with Crippen molar-refractivity contribution in [3.63, 3.8) is 0 Å². The second-order valence-electron chi connectivity index (χ2n) is 9.97. The molecule has 3 N–H and O–H groups in total. The van der Waals surface area contributed by atoms with Crippen LogP contribution in [0.25, 0.3) is 28.2 Å². The van der Waals surface area contributed by atoms with Crippen molar-refractivity contribution in [2.24, 2.45) is 0 Å². The van der Waals surface area contributed by atoms with Crippen LogP contribution in [0.15, 0.2) is 57.9 Å². The highest BCUT2D eigenvalue weighted by atomic mass is 32.2. The van der Waals surface area contributed by atoms with Crippen molar-refractivity contribution in [1.29, 1.82) is 5.26 Å². The fourth-order valence-electron chi connectivity index (χ4n) is 4.84. The molecule has 0 bridgehead atoms. The van der Waals surface area contributed by atoms with Gasteiger partial charge in [0.1, 0.15) is 23.7 Å². The number of aliphatic hydroxyl groups is 2. The van der Waals surface area contributed by atoms with Gasteiger partial charge < -0.3 is 29.2 Å². The molecular formula is C28H32N4O6S. The fourth-order valence-corrected chi connectivity index (χ4v) is 5.77. The summed E-state index contributed by atoms with van der Waals surface area (Å²) >= 11 is 0. The van der Waals surface area contributed by atoms with Gasteiger partial charge in [0, 0.05) is 56.7 Å². The summed E-state index contributed by atoms with van der Waals surface area (Å²) in [6.45, 7) is 4.00. The van der Waals surface area contributed by atoms with E-state index in [0.717, 1.165) is 48.6 Å². The lowest BCUT2D eigenvalue weighted by Crippen LogP contribution is -2.49. The molecule has 0 saturated carbocycles. The Morgan fingerprint density at radius 1 is 1.10 bits per heavy atom. The minimum atomic E-state index is -4.20. The molecule has 3 heterocycles. The molecule has 2 saturated heterocycles. The molecule has 2 fully saturated rings. The first-order chi connectivity index (χ1) is 18.7. The molecule has 0 unspecified atom stereocenters. The van der Waals surface area contributed by atoms with Crippen molar-refractivity contribution >= 4 is 32.6 Å². The van der Waals surface area contributed by atoms with E-state index in [1.165, 1.54) is 5.69 Å². The number of anilines is 1. The second kappa shape index (κ2) is 11.5. The van der Waals surface area contributed by atoms with E-state index in [2.05, 4.69) is 39.8 Å². The Bertz CT molecular complexity index is 1500. The molecule has 5 rings (SSSR count). The summed E-state index contributed by atoms with van der Waals surface area (Å²) < 4.78 is 39.0. The molecule has 2 aliphatic rings. The summed E-state index contributed by atoms with van der Waals surface area (Å²) in [5, 5.41) is 31.5. The molecule has 3 atom stereocenters. The topological polar surface area (TPSA) is 139 Å². The van der Waals surface area contributed by atoms with Gasteiger partial charge in [-0.25, -0.2) is 13.1 Å². The number of hydrogen-bond donors (Lipinski definition) is 3. The van der Waals surface area contributed by atoms with E-state index >= 15 is 0 Å². The van der Waals surface area contributed by atoms with Crippen molar-refractivity contribution in [2.45, 2.75) is 24.7 Å². The van der Waals surface area contributed by atoms with Gasteiger partial charge in [-0.2, -0.15) is 5.26 Å². The van der Waals surface area contributed by atoms with Gasteiger partial charge in [-0.3, -0.25) is 0 Å². The van der Waals surface area contributed by atoms with Gasteiger partial charge in [-0.1, -0.05) is 18.2 Å². The van der Waals surface area contributed by atoms with Crippen LogP contribution >= 0.6 is 0 Å². The summed E-state index contributed by atoms with van der Waals surface area (Å²) in [5.74, 6) is 0.753. The van der Waals surface area contributed by atoms with Crippen LogP contribution in [0.2, 0.25) is 0 Å². The monoisotopic (exact) mass is 552 g/mol. The molecule has 10 nitrogen and oxygen atoms in total. The molecule has 2 aliphatic heterocycles. The molecule has 0 spiro atoms. The Kier molecular flexibility index (Phi) is 8.04. The smallest absolute Gasteiger partial charge is 0.250 e. The van der Waals surface area contributed by atoms with E-state index < -0.39 is 33.2 Å². The van der Waals surface area contributed by atoms with Crippen molar-refractivity contribution in [3.05, 3.63) is 59.2 Å². The first-order valence-electron chi connectivity index (χ1n) is 12.9. The lowest BCUT2D eigenvalue weighted by Gasteiger charge is -2.34. The number of likely N-dealkylation sites (N-methyl/N-ethyl adjacent to an activating group) is 1. The molecule has 3 aromatic rings. The quantitative estimate of drug-likeness (QED) is 0.376. The normalized spacial score (nSPS) is 23.2. The number of ether oxygens (including phenoxy) is 1. The molecule has 0 amide bonds. The highest BCUT2D eigenvalue weighted by Gasteiger charge is 2.32. The molecule has 39 heavy (non-hydrogen) atoms. The number of sulfonamides is 1. The van der Waals surface area contributed by atoms with Crippen molar-refractivity contribution < 1.29 is 27.8 Å². The van der Waals surface area contributed by atoms with Gasteiger partial charge in [0.15, 0.2) is 4.91 Å². The van der Waals surface area contributed by atoms with Gasteiger partial charge >= 0.3 is 0 Å². The van der Waals surface area contributed by atoms with Crippen LogP contribution < -0.4 is 9.62 Å². The summed E-state index contributed by atoms with van der Waals surface area (Å²) in [7, 11) is -2.06. The first kappa shape index (κ1) is 27.3. The maximum Gasteiger partial charge on any atom is 0.250 e. The van der Waals surface area contributed by atoms with Crippen LogP contribution in [0.1, 0.15) is 12.2 Å². The number of fused-ring (bicyclic) bond motifs is 1. The molecule has 11 heteroatoms. The summed E-state index contributed by atoms with van der Waals surface area (Å²) in [5.41, 5.74) is 2.03. The predicted molar refractivity (Wildman–Crippen MR) is 148 cm³/mol. The summed E-state index contributed by atoms with van der Waals surface area (Å²) in [6, 6.07) is 17.5. The molecule has 0 aliphatic carbocycles. The molecule has 206 valence electrons. The van der Waals surface area contributed by atoms with Crippen LogP contribution in [0.4, 0.5) is 5.69 Å². The third-order valence-corrected chi connectivity index (χ3v) is 8.61. The number of benzene rings is 2. The van der Waals surface area contributed by atoms with Crippen LogP contribution in [0.3, 0.4) is 0 Å². The average molecular weight is 553 g/mol. The highest BCUT2D eigenvalue weighted by Crippen LogP contribution is 2.30. The number of allylic oxidation sites excluding steroid dienone is 1. The largest absolute Gasteiger partial charge is 0.457 e. The van der Waals surface area contributed by atoms with E-state index in [1.54, 1.807) is 18.2 Å². The molecule has 0 radical (unpaired) electrons. The number of piperazine rings is 1. The summed E-state index contributed by atoms with van der Waals surface area (Å²) in [4.78, 5) is 4.18. The van der Waals surface area contributed by atoms with Crippen LogP contribution in [-0.4, -0.2) is 88.2 Å². The predicted octanol–water partition coefficient (Wildman–Crippen LogP) is 2.15. The second-order valence-corrected chi connectivity index (χ2v) is 11.7. The minimum Gasteiger partial charge on any atom is -0.457 e. The lowest BCUT2D eigenvalue weighted by molar-refractivity contribution is -0.131. The Morgan fingerprint density at radius 2 is 1.85 bits per heavy atom. The van der Waals surface area contributed by atoms with Crippen molar-refractivity contribution in [2.75, 3.05) is 51.3 Å². The van der Waals surface area contributed by atoms with E-state index in [0.29, 0.717) is 5.76 Å². The van der Waals surface area contributed by atoms with Gasteiger partial charge in [0.05, 0.1) is 12.2 Å². The standard InChI is InChI=1S/C28H32N4O6S/c1-31-9-11-32(12-10-31)22-5-4-19-14-21(3-2-20(19)15-22)26-7-6-23(38-26)16-24(17-29)39(35,36)30-18-27-28(34)25(33)8-13-37-27/h2-7,14-16,25,27-28,30,33-34H,8-13,18H2,1H3/b24-16+/t25-,27-,28+/m1/s1. The Hall–Kier alpha value is -3.24. The van der Waals surface area contributed by atoms with Gasteiger partial charge in [0.25, 0.3) is 10.0 Å². The number of nitriles is 1. The molecular weight excluding hydrogens is 520 g/mol. The van der Waals surface area contributed by atoms with Crippen LogP contribution in [0.5, 0.6) is 0 Å². The van der Waals surface area contributed by atoms with Gasteiger partial charge in [-0.15, -0.1) is 0 Å². The number of nitrogens with one attached hydrogen (secondary N) is 1. The zero-order valence-corrected chi connectivity index (χ0v) is 22.5. The third kappa shape index (κ3) is 6.17. The Balaban J connectivity index is 1.30. The fraction of sp³-hybridized carbons (Fsp3) is 0.393. The SMILES string of the molecule is CN1CCN(c2ccc3cc(-c4ccc(/C=C(\C#N)S(=O)(=O)NC[C@H]5OCC[C@@H](O)[C@@H]5O)o4)ccc3c2)CC1. The first-order valence-corrected chi connectivity index (χ1v) is 14.4. The average Bonchev–Trinajstić information content (AvgIpc) is 3.41. The van der Waals surface area contributed by atoms with E-state index in [-0.39, 0.29) is 25.3 Å².